The van der Waals surface area contributed by atoms with E-state index in [2.05, 4.69) is 0 Å². The van der Waals surface area contributed by atoms with E-state index in [-0.39, 0.29) is 26.5 Å². The van der Waals surface area contributed by atoms with Gasteiger partial charge in [0, 0.05) is 22.3 Å². The van der Waals surface area contributed by atoms with E-state index in [1.54, 1.807) is 66.7 Å². The van der Waals surface area contributed by atoms with Crippen LogP contribution in [0.25, 0.3) is 0 Å². The van der Waals surface area contributed by atoms with Gasteiger partial charge in [0.05, 0.1) is 15.4 Å². The third-order valence-corrected chi connectivity index (χ3v) is 7.65. The van der Waals surface area contributed by atoms with E-state index in [1.807, 2.05) is 0 Å². The van der Waals surface area contributed by atoms with Gasteiger partial charge in [-0.15, -0.1) is 0 Å². The van der Waals surface area contributed by atoms with Crippen LogP contribution in [-0.2, 0) is 14.6 Å². The number of ether oxygens (including phenoxy) is 1. The summed E-state index contributed by atoms with van der Waals surface area (Å²) in [5.41, 5.74) is 0.836. The van der Waals surface area contributed by atoms with Crippen molar-refractivity contribution in [2.45, 2.75) is 15.9 Å². The van der Waals surface area contributed by atoms with Crippen molar-refractivity contribution in [1.82, 2.24) is 0 Å². The van der Waals surface area contributed by atoms with Gasteiger partial charge < -0.3 is 4.74 Å². The molecule has 0 aromatic heterocycles. The summed E-state index contributed by atoms with van der Waals surface area (Å²) in [6.07, 6.45) is -1.24. The van der Waals surface area contributed by atoms with E-state index < -0.39 is 33.5 Å². The quantitative estimate of drug-likeness (QED) is 0.263. The molecule has 4 aromatic rings. The molecule has 6 nitrogen and oxygen atoms in total. The Morgan fingerprint density at radius 3 is 1.97 bits per heavy atom. The first-order valence-electron chi connectivity index (χ1n) is 10.8. The molecule has 0 amide bonds. The Balaban J connectivity index is 1.52. The summed E-state index contributed by atoms with van der Waals surface area (Å²) >= 11 is 0. The molecule has 1 aliphatic heterocycles. The van der Waals surface area contributed by atoms with Crippen molar-refractivity contribution < 1.29 is 27.5 Å². The summed E-state index contributed by atoms with van der Waals surface area (Å²) in [6, 6.07) is 26.7. The zero-order chi connectivity index (χ0) is 24.6. The molecule has 1 aliphatic rings. The van der Waals surface area contributed by atoms with Crippen LogP contribution < -0.4 is 0 Å². The maximum absolute atomic E-state index is 13.2. The van der Waals surface area contributed by atoms with Gasteiger partial charge in [-0.3, -0.25) is 9.59 Å². The molecule has 0 bridgehead atoms. The smallest absolute Gasteiger partial charge is 0.339 e. The second kappa shape index (κ2) is 8.77. The van der Waals surface area contributed by atoms with E-state index in [9.17, 15) is 22.8 Å². The highest BCUT2D eigenvalue weighted by Gasteiger charge is 2.35. The molecular weight excluding hydrogens is 464 g/mol. The topological polar surface area (TPSA) is 94.6 Å². The summed E-state index contributed by atoms with van der Waals surface area (Å²) in [7, 11) is -4.03. The van der Waals surface area contributed by atoms with Crippen LogP contribution in [0, 0.1) is 0 Å². The molecule has 0 saturated carbocycles. The minimum atomic E-state index is -4.03. The van der Waals surface area contributed by atoms with Crippen LogP contribution in [0.3, 0.4) is 0 Å². The van der Waals surface area contributed by atoms with Crippen molar-refractivity contribution in [1.29, 1.82) is 0 Å². The summed E-state index contributed by atoms with van der Waals surface area (Å²) in [4.78, 5) is 38.8. The Kier molecular flexibility index (Phi) is 5.62. The molecule has 1 unspecified atom stereocenters. The van der Waals surface area contributed by atoms with Crippen molar-refractivity contribution in [3.05, 3.63) is 131 Å². The van der Waals surface area contributed by atoms with E-state index in [0.29, 0.717) is 11.1 Å². The molecule has 4 aromatic carbocycles. The van der Waals surface area contributed by atoms with Crippen LogP contribution in [0.4, 0.5) is 0 Å². The number of sulfone groups is 1. The monoisotopic (exact) mass is 482 g/mol. The van der Waals surface area contributed by atoms with Gasteiger partial charge in [-0.2, -0.15) is 0 Å². The zero-order valence-corrected chi connectivity index (χ0v) is 19.1. The SMILES string of the molecule is O=C(OC(C(=O)c1ccccc1)c1ccccc1)c1ccc2c(c1)S(=O)(=O)c1ccccc1C2=O. The van der Waals surface area contributed by atoms with Crippen molar-refractivity contribution in [3.63, 3.8) is 0 Å². The predicted molar refractivity (Wildman–Crippen MR) is 127 cm³/mol. The van der Waals surface area contributed by atoms with Crippen LogP contribution in [0.2, 0.25) is 0 Å². The van der Waals surface area contributed by atoms with Gasteiger partial charge in [0.1, 0.15) is 0 Å². The number of fused-ring (bicyclic) bond motifs is 2. The fraction of sp³-hybridized carbons (Fsp3) is 0.0357. The van der Waals surface area contributed by atoms with Crippen LogP contribution in [-0.4, -0.2) is 26.0 Å². The van der Waals surface area contributed by atoms with Gasteiger partial charge in [-0.25, -0.2) is 13.2 Å². The number of carbonyl (C=O) groups is 3. The minimum Gasteiger partial charge on any atom is -0.445 e. The van der Waals surface area contributed by atoms with E-state index in [1.165, 1.54) is 30.3 Å². The van der Waals surface area contributed by atoms with Crippen LogP contribution >= 0.6 is 0 Å². The average Bonchev–Trinajstić information content (AvgIpc) is 2.91. The second-order valence-electron chi connectivity index (χ2n) is 7.97. The maximum Gasteiger partial charge on any atom is 0.339 e. The number of carbonyl (C=O) groups excluding carboxylic acids is 3. The number of hydrogen-bond acceptors (Lipinski definition) is 6. The lowest BCUT2D eigenvalue weighted by atomic mass is 9.99. The van der Waals surface area contributed by atoms with Gasteiger partial charge in [0.25, 0.3) is 0 Å². The molecule has 0 spiro atoms. The molecule has 172 valence electrons. The predicted octanol–water partition coefficient (Wildman–Crippen LogP) is 4.84. The normalized spacial score (nSPS) is 14.3. The number of rotatable bonds is 5. The number of ketones is 2. The Labute approximate surface area is 201 Å². The number of hydrogen-bond donors (Lipinski definition) is 0. The third kappa shape index (κ3) is 3.96. The van der Waals surface area contributed by atoms with Crippen molar-refractivity contribution in [2.75, 3.05) is 0 Å². The highest BCUT2D eigenvalue weighted by molar-refractivity contribution is 7.91. The Hall–Kier alpha value is -4.36. The van der Waals surface area contributed by atoms with Crippen molar-refractivity contribution in [3.8, 4) is 0 Å². The summed E-state index contributed by atoms with van der Waals surface area (Å²) in [5, 5.41) is 0. The lowest BCUT2D eigenvalue weighted by Crippen LogP contribution is -2.22. The lowest BCUT2D eigenvalue weighted by Gasteiger charge is -2.20. The molecule has 0 N–H and O–H groups in total. The van der Waals surface area contributed by atoms with Crippen LogP contribution in [0.15, 0.2) is 113 Å². The highest BCUT2D eigenvalue weighted by Crippen LogP contribution is 2.35. The molecule has 35 heavy (non-hydrogen) atoms. The van der Waals surface area contributed by atoms with Gasteiger partial charge in [0.15, 0.2) is 11.9 Å². The molecule has 0 fully saturated rings. The fourth-order valence-corrected chi connectivity index (χ4v) is 5.72. The molecule has 1 heterocycles. The zero-order valence-electron chi connectivity index (χ0n) is 18.3. The van der Waals surface area contributed by atoms with Crippen LogP contribution in [0.1, 0.15) is 48.3 Å². The van der Waals surface area contributed by atoms with Gasteiger partial charge in [0.2, 0.25) is 15.6 Å². The Morgan fingerprint density at radius 1 is 0.657 bits per heavy atom. The summed E-state index contributed by atoms with van der Waals surface area (Å²) in [6.45, 7) is 0. The molecule has 7 heteroatoms. The van der Waals surface area contributed by atoms with Gasteiger partial charge in [-0.1, -0.05) is 72.8 Å². The van der Waals surface area contributed by atoms with Crippen molar-refractivity contribution >= 4 is 27.4 Å². The van der Waals surface area contributed by atoms with E-state index in [4.69, 9.17) is 4.74 Å². The van der Waals surface area contributed by atoms with Crippen molar-refractivity contribution in [2.24, 2.45) is 0 Å². The Morgan fingerprint density at radius 2 is 1.26 bits per heavy atom. The maximum atomic E-state index is 13.2. The number of benzene rings is 4. The van der Waals surface area contributed by atoms with Gasteiger partial charge >= 0.3 is 5.97 Å². The second-order valence-corrected chi connectivity index (χ2v) is 9.85. The molecule has 0 saturated heterocycles. The summed E-state index contributed by atoms with van der Waals surface area (Å²) in [5.74, 6) is -1.74. The van der Waals surface area contributed by atoms with E-state index >= 15 is 0 Å². The first-order chi connectivity index (χ1) is 16.9. The number of Topliss-reactive ketones (excluding diaryl/α,β-unsaturated/α-hetero) is 1. The van der Waals surface area contributed by atoms with E-state index in [0.717, 1.165) is 6.07 Å². The fourth-order valence-electron chi connectivity index (χ4n) is 4.04. The number of esters is 1. The minimum absolute atomic E-state index is 0.0137. The third-order valence-electron chi connectivity index (χ3n) is 5.80. The highest BCUT2D eigenvalue weighted by atomic mass is 32.2. The molecule has 0 radical (unpaired) electrons. The van der Waals surface area contributed by atoms with Gasteiger partial charge in [-0.05, 0) is 30.3 Å². The lowest BCUT2D eigenvalue weighted by molar-refractivity contribution is 0.0279. The largest absolute Gasteiger partial charge is 0.445 e. The first-order valence-corrected chi connectivity index (χ1v) is 12.2. The molecular formula is C28H18O6S. The molecule has 1 atom stereocenters. The molecule has 5 rings (SSSR count). The molecule has 0 aliphatic carbocycles. The Bertz CT molecular complexity index is 1570. The first kappa shape index (κ1) is 22.4. The standard InChI is InChI=1S/C28H18O6S/c29-25(18-9-3-1-4-10-18)27(19-11-5-2-6-12-19)34-28(31)20-15-16-22-24(17-20)35(32,33)23-14-8-7-13-21(23)26(22)30/h1-17,27H. The summed E-state index contributed by atoms with van der Waals surface area (Å²) < 4.78 is 32.0. The average molecular weight is 483 g/mol. The van der Waals surface area contributed by atoms with Crippen LogP contribution in [0.5, 0.6) is 0 Å².